The van der Waals surface area contributed by atoms with Crippen molar-refractivity contribution in [2.45, 2.75) is 101 Å². The van der Waals surface area contributed by atoms with Crippen LogP contribution in [0.5, 0.6) is 23.4 Å². The number of aromatic nitrogens is 6. The maximum absolute atomic E-state index is 5.68. The zero-order valence-electron chi connectivity index (χ0n) is 35.0. The number of ether oxygens (including phenoxy) is 1. The Hall–Kier alpha value is -1.85. The van der Waals surface area contributed by atoms with Crippen molar-refractivity contribution in [3.63, 3.8) is 0 Å². The fourth-order valence-corrected chi connectivity index (χ4v) is 8.72. The Kier molecular flexibility index (Phi) is 23.8. The van der Waals surface area contributed by atoms with Gasteiger partial charge in [0.1, 0.15) is 17.5 Å². The minimum atomic E-state index is -2.78. The molecule has 22 heteroatoms. The number of aryl methyl sites for hydroxylation is 2. The number of hydrogen-bond donors (Lipinski definition) is 0. The van der Waals surface area contributed by atoms with E-state index in [1.54, 1.807) is 24.5 Å². The molecular weight excluding hydrogens is 842 g/mol. The molecular formula is C34H59N6O10P3S3. The molecule has 318 valence electrons. The molecule has 0 aliphatic heterocycles. The van der Waals surface area contributed by atoms with Crippen molar-refractivity contribution in [3.05, 3.63) is 47.7 Å². The summed E-state index contributed by atoms with van der Waals surface area (Å²) in [5, 5.41) is 0. The molecule has 0 radical (unpaired) electrons. The van der Waals surface area contributed by atoms with E-state index in [9.17, 15) is 0 Å². The fraction of sp³-hybridized carbons (Fsp3) is 0.647. The van der Waals surface area contributed by atoms with Gasteiger partial charge >= 0.3 is 20.2 Å². The Balaban J connectivity index is 0.000000420. The molecule has 0 bridgehead atoms. The van der Waals surface area contributed by atoms with Gasteiger partial charge in [-0.2, -0.15) is 15.0 Å². The average Bonchev–Trinajstić information content (AvgIpc) is 3.12. The second-order valence-corrected chi connectivity index (χ2v) is 21.3. The summed E-state index contributed by atoms with van der Waals surface area (Å²) in [6.45, 7) is 17.3. The van der Waals surface area contributed by atoms with Gasteiger partial charge in [-0.05, 0) is 41.5 Å². The molecule has 0 N–H and O–H groups in total. The Labute approximate surface area is 348 Å². The van der Waals surface area contributed by atoms with E-state index in [-0.39, 0.29) is 11.3 Å². The third-order valence-corrected chi connectivity index (χ3v) is 13.5. The normalized spacial score (nSPS) is 11.9. The van der Waals surface area contributed by atoms with Crippen LogP contribution in [0.4, 0.5) is 0 Å². The molecule has 0 saturated heterocycles. The highest BCUT2D eigenvalue weighted by atomic mass is 32.5. The van der Waals surface area contributed by atoms with Crippen LogP contribution in [-0.2, 0) is 74.4 Å². The zero-order valence-corrected chi connectivity index (χ0v) is 40.1. The van der Waals surface area contributed by atoms with Crippen LogP contribution < -0.4 is 18.3 Å². The molecule has 0 spiro atoms. The van der Waals surface area contributed by atoms with Crippen molar-refractivity contribution < 1.29 is 45.5 Å². The summed E-state index contributed by atoms with van der Waals surface area (Å²) >= 11 is 15.7. The number of rotatable bonds is 20. The predicted octanol–water partition coefficient (Wildman–Crippen LogP) is 9.37. The lowest BCUT2D eigenvalue weighted by molar-refractivity contribution is 0.215. The van der Waals surface area contributed by atoms with Crippen LogP contribution in [0, 0.1) is 6.92 Å². The van der Waals surface area contributed by atoms with Crippen LogP contribution in [-0.4, -0.2) is 77.2 Å². The molecule has 3 aromatic rings. The first kappa shape index (κ1) is 52.2. The van der Waals surface area contributed by atoms with Crippen molar-refractivity contribution in [2.24, 2.45) is 0 Å². The van der Waals surface area contributed by atoms with Gasteiger partial charge in [0.25, 0.3) is 0 Å². The van der Waals surface area contributed by atoms with Crippen LogP contribution in [0.25, 0.3) is 0 Å². The van der Waals surface area contributed by atoms with E-state index in [1.807, 2.05) is 83.1 Å². The third-order valence-electron chi connectivity index (χ3n) is 6.22. The number of nitrogens with zero attached hydrogens (tertiary/aromatic N) is 6. The monoisotopic (exact) mass is 900 g/mol. The molecule has 0 atom stereocenters. The lowest BCUT2D eigenvalue weighted by Crippen LogP contribution is -2.15. The van der Waals surface area contributed by atoms with Crippen molar-refractivity contribution in [3.8, 4) is 23.4 Å². The standard InChI is InChI=1S/2C12H21N2O3PS.C10H17N2O4PS/c1-6-15-18(19,16-7-2)17-10-8-13-11(14-9-10)12(3,4)5;1-6-15-18(19,16-7-2)17-11-8-10(5)13-12(14-11)9(3)4;1-5-8-11-9(15-6-2)7-10(12-8)16-17(18,13-3)14-4/h2*8-9H,6-7H2,1-5H3;7H,5-6H2,1-4H3. The molecule has 16 nitrogen and oxygen atoms in total. The molecule has 56 heavy (non-hydrogen) atoms. The highest BCUT2D eigenvalue weighted by molar-refractivity contribution is 8.08. The van der Waals surface area contributed by atoms with E-state index in [1.165, 1.54) is 14.2 Å². The van der Waals surface area contributed by atoms with E-state index in [4.69, 9.17) is 80.9 Å². The van der Waals surface area contributed by atoms with Crippen molar-refractivity contribution in [1.82, 2.24) is 29.9 Å². The van der Waals surface area contributed by atoms with Crippen LogP contribution in [0.1, 0.15) is 105 Å². The summed E-state index contributed by atoms with van der Waals surface area (Å²) in [6, 6.07) is 3.31. The van der Waals surface area contributed by atoms with Gasteiger partial charge in [0.2, 0.25) is 17.6 Å². The fourth-order valence-electron chi connectivity index (χ4n) is 3.81. The first-order valence-electron chi connectivity index (χ1n) is 18.0. The highest BCUT2D eigenvalue weighted by Gasteiger charge is 2.24. The van der Waals surface area contributed by atoms with Gasteiger partial charge in [0.05, 0.1) is 51.5 Å². The van der Waals surface area contributed by atoms with E-state index in [0.29, 0.717) is 68.7 Å². The van der Waals surface area contributed by atoms with Crippen LogP contribution >= 0.6 is 20.2 Å². The van der Waals surface area contributed by atoms with Gasteiger partial charge < -0.3 is 27.4 Å². The molecule has 0 aliphatic carbocycles. The smallest absolute Gasteiger partial charge is 0.381 e. The van der Waals surface area contributed by atoms with Gasteiger partial charge in [-0.25, -0.2) is 15.0 Å². The average molecular weight is 901 g/mol. The Bertz CT molecular complexity index is 1730. The van der Waals surface area contributed by atoms with Gasteiger partial charge in [-0.1, -0.05) is 41.5 Å². The quantitative estimate of drug-likeness (QED) is 0.0982. The Morgan fingerprint density at radius 1 is 0.625 bits per heavy atom. The van der Waals surface area contributed by atoms with E-state index < -0.39 is 20.2 Å². The predicted molar refractivity (Wildman–Crippen MR) is 229 cm³/mol. The van der Waals surface area contributed by atoms with Crippen molar-refractivity contribution in [2.75, 3.05) is 47.3 Å². The second kappa shape index (κ2) is 25.6. The van der Waals surface area contributed by atoms with Crippen LogP contribution in [0.3, 0.4) is 0 Å². The molecule has 0 aliphatic rings. The minimum Gasteiger partial charge on any atom is -0.478 e. The van der Waals surface area contributed by atoms with Crippen LogP contribution in [0.2, 0.25) is 0 Å². The summed E-state index contributed by atoms with van der Waals surface area (Å²) in [5.41, 5.74) is 0.738. The van der Waals surface area contributed by atoms with E-state index in [2.05, 4.69) is 29.9 Å². The summed E-state index contributed by atoms with van der Waals surface area (Å²) in [5.74, 6) is 3.96. The largest absolute Gasteiger partial charge is 0.478 e. The first-order chi connectivity index (χ1) is 26.3. The Morgan fingerprint density at radius 2 is 1.09 bits per heavy atom. The lowest BCUT2D eigenvalue weighted by Gasteiger charge is -2.21. The topological polar surface area (TPSA) is 170 Å². The molecule has 0 unspecified atom stereocenters. The van der Waals surface area contributed by atoms with Crippen molar-refractivity contribution >= 4 is 55.6 Å². The zero-order chi connectivity index (χ0) is 42.6. The highest BCUT2D eigenvalue weighted by Crippen LogP contribution is 2.50. The maximum Gasteiger partial charge on any atom is 0.381 e. The molecule has 3 heterocycles. The van der Waals surface area contributed by atoms with Crippen molar-refractivity contribution in [1.29, 1.82) is 0 Å². The van der Waals surface area contributed by atoms with Gasteiger partial charge in [-0.3, -0.25) is 18.1 Å². The molecule has 0 saturated carbocycles. The van der Waals surface area contributed by atoms with Gasteiger partial charge in [-0.15, -0.1) is 0 Å². The van der Waals surface area contributed by atoms with E-state index >= 15 is 0 Å². The summed E-state index contributed by atoms with van der Waals surface area (Å²) < 4.78 is 53.9. The summed E-state index contributed by atoms with van der Waals surface area (Å²) in [6.07, 6.45) is 3.87. The first-order valence-corrected chi connectivity index (χ1v) is 25.7. The molecule has 0 amide bonds. The summed E-state index contributed by atoms with van der Waals surface area (Å²) in [7, 11) is 2.88. The molecule has 3 rings (SSSR count). The third kappa shape index (κ3) is 19.3. The minimum absolute atomic E-state index is 0.0986. The second-order valence-electron chi connectivity index (χ2n) is 12.3. The maximum atomic E-state index is 5.68. The summed E-state index contributed by atoms with van der Waals surface area (Å²) in [4.78, 5) is 25.7. The molecule has 0 fully saturated rings. The molecule has 3 aromatic heterocycles. The van der Waals surface area contributed by atoms with E-state index in [0.717, 1.165) is 17.3 Å². The number of hydrogen-bond acceptors (Lipinski definition) is 19. The Morgan fingerprint density at radius 3 is 1.52 bits per heavy atom. The van der Waals surface area contributed by atoms with Gasteiger partial charge in [0.15, 0.2) is 5.75 Å². The molecule has 0 aromatic carbocycles. The van der Waals surface area contributed by atoms with Crippen LogP contribution in [0.15, 0.2) is 24.5 Å². The van der Waals surface area contributed by atoms with Gasteiger partial charge in [0, 0.05) is 79.2 Å². The lowest BCUT2D eigenvalue weighted by atomic mass is 9.96. The SMILES string of the molecule is CCOP(=S)(OCC)Oc1cc(C)nc(C(C)C)n1.CCOP(=S)(OCC)Oc1cnc(C(C)(C)C)nc1.CCOc1cc(OP(=S)(OC)OC)nc(CC)n1.